The smallest absolute Gasteiger partial charge is 0.305 e. The lowest BCUT2D eigenvalue weighted by atomic mass is 9.98. The molecular weight excluding hydrogens is 626 g/mol. The molecule has 3 aromatic rings. The SMILES string of the molecule is COC(=O)CCc1c2[nH]c(c1C)/C=C1\N=C(CC3=N/C(=C\c4[nH]c(c(CCC(=O)OC)c4C)Cc4[nH]c(c(C)c4C)C2)C(C)=C3C)C(C)=C1C. The number of rotatable bonds is 6. The first kappa shape index (κ1) is 34.9. The number of allylic oxidation sites excluding steroid dienone is 4. The number of H-pyrrole nitrogens is 3. The van der Waals surface area contributed by atoms with E-state index < -0.39 is 0 Å². The van der Waals surface area contributed by atoms with E-state index in [0.29, 0.717) is 44.9 Å². The van der Waals surface area contributed by atoms with Crippen molar-refractivity contribution in [2.24, 2.45) is 9.98 Å². The molecule has 0 saturated heterocycles. The van der Waals surface area contributed by atoms with Crippen LogP contribution in [0.2, 0.25) is 0 Å². The van der Waals surface area contributed by atoms with Gasteiger partial charge in [-0.2, -0.15) is 0 Å². The van der Waals surface area contributed by atoms with Gasteiger partial charge in [-0.25, -0.2) is 0 Å². The van der Waals surface area contributed by atoms with Gasteiger partial charge in [-0.1, -0.05) is 0 Å². The number of fused-ring (bicyclic) bond motifs is 8. The topological polar surface area (TPSA) is 125 Å². The summed E-state index contributed by atoms with van der Waals surface area (Å²) in [6.45, 7) is 17.1. The van der Waals surface area contributed by atoms with Crippen LogP contribution in [-0.4, -0.2) is 52.5 Å². The van der Waals surface area contributed by atoms with Gasteiger partial charge in [0, 0.05) is 66.3 Å². The van der Waals surface area contributed by atoms with E-state index in [4.69, 9.17) is 19.5 Å². The van der Waals surface area contributed by atoms with Crippen molar-refractivity contribution < 1.29 is 19.1 Å². The lowest BCUT2D eigenvalue weighted by molar-refractivity contribution is -0.141. The molecule has 50 heavy (non-hydrogen) atoms. The summed E-state index contributed by atoms with van der Waals surface area (Å²) in [5.74, 6) is -0.448. The lowest BCUT2D eigenvalue weighted by Gasteiger charge is -2.06. The number of methoxy groups -OCH3 is 2. The third-order valence-electron chi connectivity index (χ3n) is 11.3. The number of carbonyl (C=O) groups excluding carboxylic acids is 2. The van der Waals surface area contributed by atoms with Gasteiger partial charge in [-0.3, -0.25) is 19.6 Å². The van der Waals surface area contributed by atoms with Crippen molar-refractivity contribution in [2.75, 3.05) is 14.2 Å². The van der Waals surface area contributed by atoms with Crippen LogP contribution in [0, 0.1) is 27.7 Å². The maximum atomic E-state index is 12.3. The Bertz CT molecular complexity index is 1970. The predicted octanol–water partition coefficient (Wildman–Crippen LogP) is 7.96. The molecule has 0 aliphatic carbocycles. The predicted molar refractivity (Wildman–Crippen MR) is 200 cm³/mol. The molecule has 0 fully saturated rings. The molecule has 0 atom stereocenters. The summed E-state index contributed by atoms with van der Waals surface area (Å²) >= 11 is 0. The number of aliphatic imine (C=N–C) groups is 2. The van der Waals surface area contributed by atoms with Crippen molar-refractivity contribution in [1.29, 1.82) is 0 Å². The zero-order valence-corrected chi connectivity index (χ0v) is 31.1. The van der Waals surface area contributed by atoms with E-state index in [0.717, 1.165) is 90.4 Å². The Morgan fingerprint density at radius 1 is 0.560 bits per heavy atom. The molecule has 3 aromatic heterocycles. The van der Waals surface area contributed by atoms with Gasteiger partial charge in [0.2, 0.25) is 0 Å². The Morgan fingerprint density at radius 2 is 0.960 bits per heavy atom. The number of ether oxygens (including phenoxy) is 2. The van der Waals surface area contributed by atoms with Crippen molar-refractivity contribution in [1.82, 2.24) is 15.0 Å². The number of nitrogens with zero attached hydrogens (tertiary/aromatic N) is 2. The molecule has 262 valence electrons. The quantitative estimate of drug-likeness (QED) is 0.229. The maximum Gasteiger partial charge on any atom is 0.305 e. The zero-order chi connectivity index (χ0) is 36.0. The number of nitrogens with one attached hydrogen (secondary N) is 3. The monoisotopic (exact) mass is 675 g/mol. The van der Waals surface area contributed by atoms with Crippen LogP contribution in [0.3, 0.4) is 0 Å². The molecule has 10 bridgehead atoms. The molecule has 0 unspecified atom stereocenters. The third kappa shape index (κ3) is 6.41. The van der Waals surface area contributed by atoms with Crippen molar-refractivity contribution in [2.45, 2.75) is 100 Å². The van der Waals surface area contributed by atoms with Gasteiger partial charge >= 0.3 is 11.9 Å². The average Bonchev–Trinajstić information content (AvgIpc) is 3.81. The minimum atomic E-state index is -0.224. The molecule has 6 heterocycles. The zero-order valence-electron chi connectivity index (χ0n) is 31.1. The molecule has 3 aliphatic rings. The van der Waals surface area contributed by atoms with Crippen molar-refractivity contribution in [3.05, 3.63) is 101 Å². The van der Waals surface area contributed by atoms with Gasteiger partial charge in [-0.05, 0) is 136 Å². The summed E-state index contributed by atoms with van der Waals surface area (Å²) in [7, 11) is 2.87. The first-order chi connectivity index (χ1) is 23.8. The van der Waals surface area contributed by atoms with Crippen LogP contribution in [0.4, 0.5) is 0 Å². The average molecular weight is 676 g/mol. The number of aromatic nitrogens is 3. The van der Waals surface area contributed by atoms with Crippen LogP contribution < -0.4 is 0 Å². The molecule has 9 heteroatoms. The fourth-order valence-corrected chi connectivity index (χ4v) is 7.40. The Hall–Kier alpha value is -4.92. The van der Waals surface area contributed by atoms with E-state index >= 15 is 0 Å². The van der Waals surface area contributed by atoms with Crippen LogP contribution in [-0.2, 0) is 44.7 Å². The highest BCUT2D eigenvalue weighted by atomic mass is 16.5. The van der Waals surface area contributed by atoms with E-state index in [1.165, 1.54) is 36.5 Å². The number of aromatic amines is 3. The largest absolute Gasteiger partial charge is 0.469 e. The van der Waals surface area contributed by atoms with E-state index in [1.807, 2.05) is 0 Å². The first-order valence-electron chi connectivity index (χ1n) is 17.5. The highest BCUT2D eigenvalue weighted by Gasteiger charge is 2.26. The van der Waals surface area contributed by atoms with Crippen molar-refractivity contribution in [3.8, 4) is 0 Å². The van der Waals surface area contributed by atoms with Crippen LogP contribution in [0.1, 0.15) is 115 Å². The molecule has 0 aromatic carbocycles. The summed E-state index contributed by atoms with van der Waals surface area (Å²) in [6, 6.07) is 0. The normalized spacial score (nSPS) is 18.0. The number of esters is 2. The standard InChI is InChI=1S/C41H49N5O4/c1-20-22(3)32-16-36-26(7)28(11-13-40(47)49-9)38(45-36)18-34-24(5)25(6)35(44-34)19-39-29(12-14-41(48)50-10)27(8)37(46-39)17-33-23(4)21(2)31(43-33)15-30(20)42-32/h16-17,44-46H,11-15,18-19H2,1-10H3/b32-16-,33-17-. The fraction of sp³-hybridized carbons (Fsp3) is 0.415. The second kappa shape index (κ2) is 13.8. The van der Waals surface area contributed by atoms with E-state index in [9.17, 15) is 9.59 Å². The maximum absolute atomic E-state index is 12.3. The molecule has 0 spiro atoms. The fourth-order valence-electron chi connectivity index (χ4n) is 7.40. The molecular formula is C41H49N5O4. The number of hydrogen-bond acceptors (Lipinski definition) is 6. The van der Waals surface area contributed by atoms with E-state index in [2.05, 4.69) is 82.5 Å². The molecule has 0 radical (unpaired) electrons. The third-order valence-corrected chi connectivity index (χ3v) is 11.3. The summed E-state index contributed by atoms with van der Waals surface area (Å²) < 4.78 is 10.0. The van der Waals surface area contributed by atoms with Crippen LogP contribution in [0.25, 0.3) is 12.2 Å². The summed E-state index contributed by atoms with van der Waals surface area (Å²) in [4.78, 5) is 46.1. The summed E-state index contributed by atoms with van der Waals surface area (Å²) in [5, 5.41) is 0. The van der Waals surface area contributed by atoms with Crippen molar-refractivity contribution >= 4 is 35.5 Å². The summed E-state index contributed by atoms with van der Waals surface area (Å²) in [5.41, 5.74) is 21.9. The van der Waals surface area contributed by atoms with Gasteiger partial charge in [0.05, 0.1) is 37.0 Å². The van der Waals surface area contributed by atoms with Crippen molar-refractivity contribution in [3.63, 3.8) is 0 Å². The molecule has 0 saturated carbocycles. The Labute approximate surface area is 294 Å². The van der Waals surface area contributed by atoms with Gasteiger partial charge in [0.1, 0.15) is 0 Å². The molecule has 6 rings (SSSR count). The van der Waals surface area contributed by atoms with E-state index in [1.54, 1.807) is 0 Å². The Balaban J connectivity index is 1.54. The second-order valence-corrected chi connectivity index (χ2v) is 13.9. The Kier molecular flexibility index (Phi) is 9.62. The highest BCUT2D eigenvalue weighted by molar-refractivity contribution is 6.21. The minimum Gasteiger partial charge on any atom is -0.469 e. The summed E-state index contributed by atoms with van der Waals surface area (Å²) in [6.07, 6.45) is 8.04. The second-order valence-electron chi connectivity index (χ2n) is 13.9. The lowest BCUT2D eigenvalue weighted by Crippen LogP contribution is -2.07. The molecule has 0 amide bonds. The Morgan fingerprint density at radius 3 is 1.34 bits per heavy atom. The van der Waals surface area contributed by atoms with Gasteiger partial charge in [0.25, 0.3) is 0 Å². The van der Waals surface area contributed by atoms with Gasteiger partial charge in [0.15, 0.2) is 0 Å². The van der Waals surface area contributed by atoms with Crippen LogP contribution >= 0.6 is 0 Å². The molecule has 3 aliphatic heterocycles. The van der Waals surface area contributed by atoms with Gasteiger partial charge < -0.3 is 24.4 Å². The van der Waals surface area contributed by atoms with E-state index in [-0.39, 0.29) is 11.9 Å². The van der Waals surface area contributed by atoms with Crippen LogP contribution in [0.5, 0.6) is 0 Å². The first-order valence-corrected chi connectivity index (χ1v) is 17.5. The highest BCUT2D eigenvalue weighted by Crippen LogP contribution is 2.35. The van der Waals surface area contributed by atoms with Gasteiger partial charge in [-0.15, -0.1) is 0 Å². The molecule has 9 nitrogen and oxygen atoms in total. The van der Waals surface area contributed by atoms with Crippen LogP contribution in [0.15, 0.2) is 43.7 Å². The number of hydrogen-bond donors (Lipinski definition) is 3. The number of carbonyl (C=O) groups is 2. The molecule has 3 N–H and O–H groups in total. The minimum absolute atomic E-state index is 0.224.